The van der Waals surface area contributed by atoms with Gasteiger partial charge in [-0.2, -0.15) is 5.10 Å². The minimum absolute atomic E-state index is 0.0785. The van der Waals surface area contributed by atoms with Crippen molar-refractivity contribution < 1.29 is 4.79 Å². The average Bonchev–Trinajstić information content (AvgIpc) is 3.56. The van der Waals surface area contributed by atoms with Crippen molar-refractivity contribution in [3.05, 3.63) is 53.0 Å². The van der Waals surface area contributed by atoms with Crippen molar-refractivity contribution in [1.29, 1.82) is 0 Å². The fraction of sp³-hybridized carbons (Fsp3) is 0.250. The molecule has 5 aromatic rings. The summed E-state index contributed by atoms with van der Waals surface area (Å²) in [6.07, 6.45) is 2.20. The van der Waals surface area contributed by atoms with Gasteiger partial charge in [-0.1, -0.05) is 12.1 Å². The SMILES string of the molecule is CC(=O)c1ccc(-c2cccc3[nH]c(-c4n[nH]c5ccc(C6CCNCC6)nc45)nc23)s1. The van der Waals surface area contributed by atoms with Crippen LogP contribution in [0.1, 0.15) is 41.0 Å². The third-order valence-corrected chi connectivity index (χ3v) is 7.36. The minimum atomic E-state index is 0.0785. The second kappa shape index (κ2) is 7.65. The van der Waals surface area contributed by atoms with Crippen molar-refractivity contribution >= 4 is 39.2 Å². The van der Waals surface area contributed by atoms with E-state index in [2.05, 4.69) is 32.6 Å². The molecule has 3 N–H and O–H groups in total. The molecule has 4 aromatic heterocycles. The van der Waals surface area contributed by atoms with Crippen LogP contribution in [0.25, 0.3) is 44.0 Å². The van der Waals surface area contributed by atoms with Gasteiger partial charge in [0.25, 0.3) is 0 Å². The number of nitrogens with zero attached hydrogens (tertiary/aromatic N) is 3. The molecule has 1 aromatic carbocycles. The number of aromatic amines is 2. The van der Waals surface area contributed by atoms with Crippen LogP contribution in [0.2, 0.25) is 0 Å². The number of rotatable bonds is 4. The number of fused-ring (bicyclic) bond motifs is 2. The number of hydrogen-bond donors (Lipinski definition) is 3. The van der Waals surface area contributed by atoms with Crippen LogP contribution in [0.4, 0.5) is 0 Å². The Balaban J connectivity index is 1.44. The monoisotopic (exact) mass is 442 g/mol. The zero-order valence-electron chi connectivity index (χ0n) is 17.6. The highest BCUT2D eigenvalue weighted by Crippen LogP contribution is 2.35. The molecule has 0 aliphatic carbocycles. The van der Waals surface area contributed by atoms with E-state index in [-0.39, 0.29) is 5.78 Å². The van der Waals surface area contributed by atoms with Crippen LogP contribution >= 0.6 is 11.3 Å². The summed E-state index contributed by atoms with van der Waals surface area (Å²) in [5, 5.41) is 11.1. The molecule has 8 heteroatoms. The van der Waals surface area contributed by atoms with Gasteiger partial charge in [0.2, 0.25) is 0 Å². The van der Waals surface area contributed by atoms with Gasteiger partial charge in [-0.3, -0.25) is 9.89 Å². The van der Waals surface area contributed by atoms with Gasteiger partial charge >= 0.3 is 0 Å². The molecule has 0 amide bonds. The number of H-pyrrole nitrogens is 2. The smallest absolute Gasteiger partial charge is 0.169 e. The fourth-order valence-electron chi connectivity index (χ4n) is 4.44. The van der Waals surface area contributed by atoms with E-state index in [0.717, 1.165) is 74.7 Å². The Hall–Kier alpha value is -3.36. The number of hydrogen-bond acceptors (Lipinski definition) is 6. The molecule has 32 heavy (non-hydrogen) atoms. The maximum Gasteiger partial charge on any atom is 0.169 e. The molecule has 1 aliphatic heterocycles. The van der Waals surface area contributed by atoms with E-state index in [9.17, 15) is 4.79 Å². The summed E-state index contributed by atoms with van der Waals surface area (Å²) in [5.74, 6) is 1.24. The van der Waals surface area contributed by atoms with Gasteiger partial charge in [-0.25, -0.2) is 9.97 Å². The molecule has 160 valence electrons. The Bertz CT molecular complexity index is 1460. The van der Waals surface area contributed by atoms with Gasteiger partial charge in [-0.05, 0) is 63.2 Å². The molecule has 5 heterocycles. The van der Waals surface area contributed by atoms with Crippen molar-refractivity contribution in [3.8, 4) is 22.0 Å². The predicted molar refractivity (Wildman–Crippen MR) is 127 cm³/mol. The molecule has 1 saturated heterocycles. The summed E-state index contributed by atoms with van der Waals surface area (Å²) in [7, 11) is 0. The molecular formula is C24H22N6OS. The van der Waals surface area contributed by atoms with Gasteiger partial charge in [0.1, 0.15) is 5.52 Å². The molecular weight excluding hydrogens is 420 g/mol. The van der Waals surface area contributed by atoms with Crippen LogP contribution < -0.4 is 5.32 Å². The fourth-order valence-corrected chi connectivity index (χ4v) is 5.37. The van der Waals surface area contributed by atoms with Crippen LogP contribution in [0.5, 0.6) is 0 Å². The maximum absolute atomic E-state index is 11.7. The van der Waals surface area contributed by atoms with Crippen molar-refractivity contribution in [2.45, 2.75) is 25.7 Å². The molecule has 0 bridgehead atoms. The van der Waals surface area contributed by atoms with Crippen molar-refractivity contribution in [2.24, 2.45) is 0 Å². The van der Waals surface area contributed by atoms with E-state index < -0.39 is 0 Å². The molecule has 0 atom stereocenters. The number of carbonyl (C=O) groups is 1. The van der Waals surface area contributed by atoms with Gasteiger partial charge in [-0.15, -0.1) is 11.3 Å². The van der Waals surface area contributed by atoms with E-state index >= 15 is 0 Å². The molecule has 1 aliphatic rings. The third kappa shape index (κ3) is 3.23. The van der Waals surface area contributed by atoms with Crippen LogP contribution in [0, 0.1) is 0 Å². The second-order valence-electron chi connectivity index (χ2n) is 8.24. The average molecular weight is 443 g/mol. The summed E-state index contributed by atoms with van der Waals surface area (Å²) in [4.78, 5) is 26.8. The van der Waals surface area contributed by atoms with Crippen LogP contribution in [-0.4, -0.2) is 44.0 Å². The third-order valence-electron chi connectivity index (χ3n) is 6.14. The highest BCUT2D eigenvalue weighted by atomic mass is 32.1. The summed E-state index contributed by atoms with van der Waals surface area (Å²) in [6.45, 7) is 3.66. The number of imidazole rings is 1. The van der Waals surface area contributed by atoms with Crippen LogP contribution in [-0.2, 0) is 0 Å². The van der Waals surface area contributed by atoms with Gasteiger partial charge in [0.05, 0.1) is 21.4 Å². The number of piperidine rings is 1. The number of thiophene rings is 1. The molecule has 6 rings (SSSR count). The van der Waals surface area contributed by atoms with Gasteiger partial charge in [0, 0.05) is 22.1 Å². The number of aromatic nitrogens is 5. The Morgan fingerprint density at radius 2 is 1.88 bits per heavy atom. The zero-order chi connectivity index (χ0) is 21.7. The number of benzene rings is 1. The highest BCUT2D eigenvalue weighted by Gasteiger charge is 2.20. The van der Waals surface area contributed by atoms with Crippen molar-refractivity contribution in [1.82, 2.24) is 30.5 Å². The highest BCUT2D eigenvalue weighted by molar-refractivity contribution is 7.17. The van der Waals surface area contributed by atoms with Crippen LogP contribution in [0.3, 0.4) is 0 Å². The Kier molecular flexibility index (Phi) is 4.62. The largest absolute Gasteiger partial charge is 0.336 e. The summed E-state index contributed by atoms with van der Waals surface area (Å²) in [6, 6.07) is 14.1. The van der Waals surface area contributed by atoms with Crippen molar-refractivity contribution in [2.75, 3.05) is 13.1 Å². The van der Waals surface area contributed by atoms with Gasteiger partial charge < -0.3 is 10.3 Å². The van der Waals surface area contributed by atoms with E-state index in [1.807, 2.05) is 30.3 Å². The lowest BCUT2D eigenvalue weighted by Gasteiger charge is -2.22. The lowest BCUT2D eigenvalue weighted by Crippen LogP contribution is -2.27. The Labute approximate surface area is 188 Å². The normalized spacial score (nSPS) is 15.0. The van der Waals surface area contributed by atoms with E-state index in [0.29, 0.717) is 11.7 Å². The zero-order valence-corrected chi connectivity index (χ0v) is 18.4. The molecule has 0 saturated carbocycles. The van der Waals surface area contributed by atoms with E-state index in [1.165, 1.54) is 11.3 Å². The van der Waals surface area contributed by atoms with Crippen LogP contribution in [0.15, 0.2) is 42.5 Å². The maximum atomic E-state index is 11.7. The summed E-state index contributed by atoms with van der Waals surface area (Å²) in [5.41, 5.74) is 6.40. The number of ketones is 1. The molecule has 0 radical (unpaired) electrons. The first-order valence-electron chi connectivity index (χ1n) is 10.8. The number of nitrogens with one attached hydrogen (secondary N) is 3. The van der Waals surface area contributed by atoms with E-state index in [1.54, 1.807) is 6.92 Å². The summed E-state index contributed by atoms with van der Waals surface area (Å²) < 4.78 is 0. The van der Waals surface area contributed by atoms with E-state index in [4.69, 9.17) is 9.97 Å². The number of Topliss-reactive ketones (excluding diaryl/α,β-unsaturated/α-hetero) is 1. The minimum Gasteiger partial charge on any atom is -0.336 e. The lowest BCUT2D eigenvalue weighted by molar-refractivity contribution is 0.102. The lowest BCUT2D eigenvalue weighted by atomic mass is 9.94. The Morgan fingerprint density at radius 3 is 2.69 bits per heavy atom. The topological polar surface area (TPSA) is 99.3 Å². The first-order valence-corrected chi connectivity index (χ1v) is 11.6. The molecule has 0 unspecified atom stereocenters. The molecule has 0 spiro atoms. The number of carbonyl (C=O) groups excluding carboxylic acids is 1. The first kappa shape index (κ1) is 19.3. The standard InChI is InChI=1S/C24H22N6OS/c1-13(31)19-7-8-20(32-19)15-3-2-4-17-21(15)28-24(27-17)23-22-18(29-30-23)6-5-16(26-22)14-9-11-25-12-10-14/h2-8,14,25H,9-12H2,1H3,(H,27,28)(H,29,30). The van der Waals surface area contributed by atoms with Crippen molar-refractivity contribution in [3.63, 3.8) is 0 Å². The predicted octanol–water partition coefficient (Wildman–Crippen LogP) is 4.90. The Morgan fingerprint density at radius 1 is 1.00 bits per heavy atom. The quantitative estimate of drug-likeness (QED) is 0.344. The number of pyridine rings is 1. The second-order valence-corrected chi connectivity index (χ2v) is 9.32. The first-order chi connectivity index (χ1) is 15.7. The molecule has 1 fully saturated rings. The van der Waals surface area contributed by atoms with Gasteiger partial charge in [0.15, 0.2) is 17.3 Å². The molecule has 7 nitrogen and oxygen atoms in total. The number of para-hydroxylation sites is 1. The summed E-state index contributed by atoms with van der Waals surface area (Å²) >= 11 is 1.49.